The van der Waals surface area contributed by atoms with Gasteiger partial charge in [0.2, 0.25) is 0 Å². The summed E-state index contributed by atoms with van der Waals surface area (Å²) in [4.78, 5) is 0. The molecule has 0 aliphatic rings. The van der Waals surface area contributed by atoms with Gasteiger partial charge in [-0.3, -0.25) is 0 Å². The highest BCUT2D eigenvalue weighted by molar-refractivity contribution is 5.21. The zero-order valence-electron chi connectivity index (χ0n) is 8.49. The van der Waals surface area contributed by atoms with Crippen LogP contribution in [0.1, 0.15) is 11.7 Å². The van der Waals surface area contributed by atoms with E-state index in [2.05, 4.69) is 0 Å². The van der Waals surface area contributed by atoms with Gasteiger partial charge >= 0.3 is 18.0 Å². The predicted molar refractivity (Wildman–Crippen MR) is 46.2 cm³/mol. The van der Waals surface area contributed by atoms with Crippen molar-refractivity contribution in [2.24, 2.45) is 0 Å². The summed E-state index contributed by atoms with van der Waals surface area (Å²) in [6, 6.07) is 4.76. The summed E-state index contributed by atoms with van der Waals surface area (Å²) in [5.41, 5.74) is -0.952. The van der Waals surface area contributed by atoms with Crippen molar-refractivity contribution < 1.29 is 35.1 Å². The van der Waals surface area contributed by atoms with Gasteiger partial charge in [-0.05, 0) is 5.56 Å². The molecule has 8 heteroatoms. The smallest absolute Gasteiger partial charge is 0.235 e. The quantitative estimate of drug-likeness (QED) is 0.712. The second kappa shape index (κ2) is 4.40. The summed E-state index contributed by atoms with van der Waals surface area (Å²) >= 11 is 0. The Morgan fingerprint density at radius 1 is 0.778 bits per heavy atom. The number of benzene rings is 1. The predicted octanol–water partition coefficient (Wildman–Crippen LogP) is 4.53. The van der Waals surface area contributed by atoms with Crippen LogP contribution in [0.15, 0.2) is 30.3 Å². The highest BCUT2D eigenvalue weighted by Gasteiger charge is 2.76. The molecule has 0 aliphatic carbocycles. The number of hydrogen-bond acceptors (Lipinski definition) is 0. The van der Waals surface area contributed by atoms with Crippen LogP contribution in [-0.4, -0.2) is 18.0 Å². The Morgan fingerprint density at radius 2 is 1.22 bits per heavy atom. The van der Waals surface area contributed by atoms with Gasteiger partial charge in [0.15, 0.2) is 6.17 Å². The maximum absolute atomic E-state index is 13.2. The third-order valence-corrected chi connectivity index (χ3v) is 2.19. The van der Waals surface area contributed by atoms with Gasteiger partial charge in [-0.25, -0.2) is 4.39 Å². The van der Waals surface area contributed by atoms with Gasteiger partial charge in [-0.2, -0.15) is 30.7 Å². The Hall–Kier alpha value is -1.34. The Balaban J connectivity index is 3.15. The highest BCUT2D eigenvalue weighted by Crippen LogP contribution is 2.52. The zero-order chi connectivity index (χ0) is 14.2. The maximum atomic E-state index is 13.2. The third-order valence-electron chi connectivity index (χ3n) is 2.19. The molecule has 0 bridgehead atoms. The summed E-state index contributed by atoms with van der Waals surface area (Å²) in [5, 5.41) is 0. The molecule has 0 N–H and O–H groups in total. The van der Waals surface area contributed by atoms with Crippen LogP contribution in [0, 0.1) is 0 Å². The molecule has 1 aromatic rings. The normalized spacial score (nSPS) is 15.6. The van der Waals surface area contributed by atoms with Gasteiger partial charge in [0.25, 0.3) is 0 Å². The first-order valence-electron chi connectivity index (χ1n) is 4.53. The molecule has 0 aromatic heterocycles. The average Bonchev–Trinajstić information content (AvgIpc) is 2.27. The average molecular weight is 278 g/mol. The van der Waals surface area contributed by atoms with Gasteiger partial charge in [-0.1, -0.05) is 30.3 Å². The lowest BCUT2D eigenvalue weighted by molar-refractivity contribution is -0.367. The van der Waals surface area contributed by atoms with E-state index in [9.17, 15) is 35.1 Å². The highest BCUT2D eigenvalue weighted by atomic mass is 19.4. The SMILES string of the molecule is FC(c1ccccc1)C(F)(F)C(F)(F)C(F)(F)F. The van der Waals surface area contributed by atoms with Gasteiger partial charge in [0, 0.05) is 0 Å². The van der Waals surface area contributed by atoms with Crippen molar-refractivity contribution in [2.75, 3.05) is 0 Å². The fourth-order valence-electron chi connectivity index (χ4n) is 1.18. The summed E-state index contributed by atoms with van der Waals surface area (Å²) in [5.74, 6) is -12.3. The summed E-state index contributed by atoms with van der Waals surface area (Å²) in [6.45, 7) is 0. The van der Waals surface area contributed by atoms with E-state index in [1.165, 1.54) is 6.07 Å². The van der Waals surface area contributed by atoms with Crippen molar-refractivity contribution >= 4 is 0 Å². The van der Waals surface area contributed by atoms with Crippen LogP contribution in [0.5, 0.6) is 0 Å². The van der Waals surface area contributed by atoms with Crippen LogP contribution in [0.3, 0.4) is 0 Å². The molecule has 0 saturated carbocycles. The second-order valence-corrected chi connectivity index (χ2v) is 3.47. The molecule has 0 spiro atoms. The minimum atomic E-state index is -6.53. The van der Waals surface area contributed by atoms with E-state index < -0.39 is 29.8 Å². The molecule has 0 radical (unpaired) electrons. The van der Waals surface area contributed by atoms with E-state index >= 15 is 0 Å². The lowest BCUT2D eigenvalue weighted by Gasteiger charge is -2.30. The molecule has 0 fully saturated rings. The zero-order valence-corrected chi connectivity index (χ0v) is 8.49. The molecule has 1 rings (SSSR count). The molecule has 102 valence electrons. The van der Waals surface area contributed by atoms with Crippen molar-refractivity contribution in [1.82, 2.24) is 0 Å². The molecule has 1 atom stereocenters. The number of halogens is 8. The first kappa shape index (κ1) is 14.7. The molecule has 0 saturated heterocycles. The Bertz CT molecular complexity index is 394. The molecule has 0 amide bonds. The van der Waals surface area contributed by atoms with Crippen LogP contribution < -0.4 is 0 Å². The Kier molecular flexibility index (Phi) is 3.60. The minimum absolute atomic E-state index is 0.699. The first-order valence-corrected chi connectivity index (χ1v) is 4.53. The standard InChI is InChI=1S/C10H6F8/c11-7(6-4-2-1-3-5-6)8(12,13)9(14,15)10(16,17)18/h1-5,7H. The van der Waals surface area contributed by atoms with Crippen molar-refractivity contribution in [1.29, 1.82) is 0 Å². The largest absolute Gasteiger partial charge is 0.460 e. The number of hydrogen-bond donors (Lipinski definition) is 0. The summed E-state index contributed by atoms with van der Waals surface area (Å²) in [7, 11) is 0. The van der Waals surface area contributed by atoms with Crippen molar-refractivity contribution in [3.05, 3.63) is 35.9 Å². The molecule has 18 heavy (non-hydrogen) atoms. The molecule has 0 nitrogen and oxygen atoms in total. The van der Waals surface area contributed by atoms with Gasteiger partial charge in [0.05, 0.1) is 0 Å². The minimum Gasteiger partial charge on any atom is -0.235 e. The van der Waals surface area contributed by atoms with Crippen molar-refractivity contribution in [3.63, 3.8) is 0 Å². The fraction of sp³-hybridized carbons (Fsp3) is 0.400. The third kappa shape index (κ3) is 2.28. The molecule has 1 aromatic carbocycles. The van der Waals surface area contributed by atoms with Crippen LogP contribution in [-0.2, 0) is 0 Å². The molecule has 1 unspecified atom stereocenters. The lowest BCUT2D eigenvalue weighted by atomic mass is 9.99. The van der Waals surface area contributed by atoms with Crippen LogP contribution >= 0.6 is 0 Å². The summed E-state index contributed by atoms with van der Waals surface area (Å²) < 4.78 is 99.6. The lowest BCUT2D eigenvalue weighted by Crippen LogP contribution is -2.54. The van der Waals surface area contributed by atoms with Crippen molar-refractivity contribution in [3.8, 4) is 0 Å². The molecular formula is C10H6F8. The monoisotopic (exact) mass is 278 g/mol. The summed E-state index contributed by atoms with van der Waals surface area (Å²) in [6.07, 6.45) is -10.3. The van der Waals surface area contributed by atoms with E-state index in [4.69, 9.17) is 0 Å². The fourth-order valence-corrected chi connectivity index (χ4v) is 1.18. The molecule has 0 heterocycles. The van der Waals surface area contributed by atoms with Gasteiger partial charge < -0.3 is 0 Å². The topological polar surface area (TPSA) is 0 Å². The Labute approximate surface area is 96.2 Å². The first-order chi connectivity index (χ1) is 8.02. The second-order valence-electron chi connectivity index (χ2n) is 3.47. The maximum Gasteiger partial charge on any atom is 0.460 e. The van der Waals surface area contributed by atoms with E-state index in [1.54, 1.807) is 0 Å². The van der Waals surface area contributed by atoms with Crippen molar-refractivity contribution in [2.45, 2.75) is 24.2 Å². The molecular weight excluding hydrogens is 272 g/mol. The van der Waals surface area contributed by atoms with Gasteiger partial charge in [0.1, 0.15) is 0 Å². The van der Waals surface area contributed by atoms with E-state index in [0.29, 0.717) is 12.1 Å². The number of alkyl halides is 8. The van der Waals surface area contributed by atoms with E-state index in [1.807, 2.05) is 0 Å². The van der Waals surface area contributed by atoms with Gasteiger partial charge in [-0.15, -0.1) is 0 Å². The van der Waals surface area contributed by atoms with Crippen LogP contribution in [0.4, 0.5) is 35.1 Å². The van der Waals surface area contributed by atoms with E-state index in [0.717, 1.165) is 12.1 Å². The van der Waals surface area contributed by atoms with Crippen LogP contribution in [0.25, 0.3) is 0 Å². The van der Waals surface area contributed by atoms with E-state index in [-0.39, 0.29) is 0 Å². The number of rotatable bonds is 3. The molecule has 0 aliphatic heterocycles. The van der Waals surface area contributed by atoms with Crippen LogP contribution in [0.2, 0.25) is 0 Å². The Morgan fingerprint density at radius 3 is 1.61 bits per heavy atom.